The second-order valence-electron chi connectivity index (χ2n) is 5.38. The molecule has 0 bridgehead atoms. The van der Waals surface area contributed by atoms with Crippen LogP contribution in [-0.4, -0.2) is 13.0 Å². The van der Waals surface area contributed by atoms with E-state index in [1.807, 2.05) is 0 Å². The number of methoxy groups -OCH3 is 1. The molecular formula is C15H20INO2. The number of nitrogens with two attached hydrogens (primary N) is 1. The smallest absolute Gasteiger partial charge is 0.217 e. The second-order valence-corrected chi connectivity index (χ2v) is 6.54. The van der Waals surface area contributed by atoms with Gasteiger partial charge in [-0.1, -0.05) is 13.0 Å². The van der Waals surface area contributed by atoms with E-state index >= 15 is 0 Å². The molecule has 0 saturated heterocycles. The van der Waals surface area contributed by atoms with Crippen molar-refractivity contribution in [2.75, 3.05) is 7.11 Å². The van der Waals surface area contributed by atoms with E-state index in [-0.39, 0.29) is 5.91 Å². The van der Waals surface area contributed by atoms with Gasteiger partial charge in [0, 0.05) is 6.42 Å². The van der Waals surface area contributed by atoms with Gasteiger partial charge in [0.15, 0.2) is 0 Å². The minimum Gasteiger partial charge on any atom is -0.496 e. The van der Waals surface area contributed by atoms with Gasteiger partial charge in [0.05, 0.1) is 10.7 Å². The van der Waals surface area contributed by atoms with E-state index in [0.29, 0.717) is 24.2 Å². The van der Waals surface area contributed by atoms with E-state index in [1.165, 1.54) is 12.0 Å². The normalized spacial score (nSPS) is 22.9. The maximum absolute atomic E-state index is 10.8. The zero-order valence-electron chi connectivity index (χ0n) is 11.4. The van der Waals surface area contributed by atoms with Gasteiger partial charge < -0.3 is 10.5 Å². The highest BCUT2D eigenvalue weighted by Gasteiger charge is 2.41. The first-order chi connectivity index (χ1) is 9.02. The van der Waals surface area contributed by atoms with Crippen LogP contribution in [0.5, 0.6) is 5.75 Å². The molecule has 3 unspecified atom stereocenters. The molecular weight excluding hydrogens is 353 g/mol. The lowest BCUT2D eigenvalue weighted by atomic mass is 9.96. The van der Waals surface area contributed by atoms with Crippen molar-refractivity contribution in [2.24, 2.45) is 17.6 Å². The Kier molecular flexibility index (Phi) is 4.71. The van der Waals surface area contributed by atoms with Crippen molar-refractivity contribution in [1.29, 1.82) is 0 Å². The van der Waals surface area contributed by atoms with E-state index in [2.05, 4.69) is 47.7 Å². The summed E-state index contributed by atoms with van der Waals surface area (Å²) in [5, 5.41) is 0. The Morgan fingerprint density at radius 2 is 2.32 bits per heavy atom. The molecule has 3 atom stereocenters. The highest BCUT2D eigenvalue weighted by Crippen LogP contribution is 2.53. The lowest BCUT2D eigenvalue weighted by Gasteiger charge is -2.11. The maximum atomic E-state index is 10.8. The van der Waals surface area contributed by atoms with Crippen molar-refractivity contribution in [3.05, 3.63) is 27.3 Å². The van der Waals surface area contributed by atoms with Gasteiger partial charge in [-0.3, -0.25) is 4.79 Å². The number of halogens is 1. The third kappa shape index (κ3) is 3.61. The van der Waals surface area contributed by atoms with E-state index in [4.69, 9.17) is 10.5 Å². The largest absolute Gasteiger partial charge is 0.496 e. The molecule has 19 heavy (non-hydrogen) atoms. The standard InChI is InChI=1S/C15H20INO2/c1-9(3-6-15(17)18)11-8-12(11)10-4-5-13(16)14(7-10)19-2/h4-5,7,9,11-12H,3,6,8H2,1-2H3,(H2,17,18). The van der Waals surface area contributed by atoms with Crippen molar-refractivity contribution in [2.45, 2.75) is 32.1 Å². The fraction of sp³-hybridized carbons (Fsp3) is 0.533. The minimum atomic E-state index is -0.194. The maximum Gasteiger partial charge on any atom is 0.217 e. The van der Waals surface area contributed by atoms with Crippen LogP contribution in [0, 0.1) is 15.4 Å². The van der Waals surface area contributed by atoms with Crippen molar-refractivity contribution in [3.63, 3.8) is 0 Å². The number of ether oxygens (including phenoxy) is 1. The number of rotatable bonds is 6. The zero-order valence-corrected chi connectivity index (χ0v) is 13.5. The first kappa shape index (κ1) is 14.6. The van der Waals surface area contributed by atoms with E-state index in [1.54, 1.807) is 7.11 Å². The Balaban J connectivity index is 1.96. The summed E-state index contributed by atoms with van der Waals surface area (Å²) in [6, 6.07) is 6.45. The van der Waals surface area contributed by atoms with Gasteiger partial charge in [-0.2, -0.15) is 0 Å². The number of carbonyl (C=O) groups is 1. The SMILES string of the molecule is COc1cc(C2CC2C(C)CCC(N)=O)ccc1I. The fourth-order valence-corrected chi connectivity index (χ4v) is 3.27. The third-order valence-electron chi connectivity index (χ3n) is 4.02. The molecule has 3 nitrogen and oxygen atoms in total. The highest BCUT2D eigenvalue weighted by atomic mass is 127. The van der Waals surface area contributed by atoms with Gasteiger partial charge in [0.2, 0.25) is 5.91 Å². The van der Waals surface area contributed by atoms with E-state index in [9.17, 15) is 4.79 Å². The van der Waals surface area contributed by atoms with Crippen molar-refractivity contribution < 1.29 is 9.53 Å². The molecule has 1 saturated carbocycles. The third-order valence-corrected chi connectivity index (χ3v) is 4.91. The van der Waals surface area contributed by atoms with Gasteiger partial charge in [0.25, 0.3) is 0 Å². The number of benzene rings is 1. The predicted octanol–water partition coefficient (Wildman–Crippen LogP) is 3.30. The number of hydrogen-bond donors (Lipinski definition) is 1. The van der Waals surface area contributed by atoms with Crippen molar-refractivity contribution >= 4 is 28.5 Å². The van der Waals surface area contributed by atoms with Crippen LogP contribution in [-0.2, 0) is 4.79 Å². The molecule has 1 aliphatic carbocycles. The molecule has 2 N–H and O–H groups in total. The van der Waals surface area contributed by atoms with E-state index < -0.39 is 0 Å². The van der Waals surface area contributed by atoms with E-state index in [0.717, 1.165) is 15.7 Å². The molecule has 2 rings (SSSR count). The summed E-state index contributed by atoms with van der Waals surface area (Å²) in [6.07, 6.45) is 2.61. The monoisotopic (exact) mass is 373 g/mol. The number of primary amides is 1. The molecule has 1 amide bonds. The summed E-state index contributed by atoms with van der Waals surface area (Å²) in [5.41, 5.74) is 6.56. The number of carbonyl (C=O) groups excluding carboxylic acids is 1. The Bertz CT molecular complexity index is 475. The topological polar surface area (TPSA) is 52.3 Å². The number of amides is 1. The summed E-state index contributed by atoms with van der Waals surface area (Å²) in [6.45, 7) is 2.22. The molecule has 0 aliphatic heterocycles. The first-order valence-corrected chi connectivity index (χ1v) is 7.72. The van der Waals surface area contributed by atoms with Gasteiger partial charge in [-0.15, -0.1) is 0 Å². The van der Waals surface area contributed by atoms with Gasteiger partial charge >= 0.3 is 0 Å². The molecule has 1 aromatic rings. The van der Waals surface area contributed by atoms with Gasteiger partial charge in [0.1, 0.15) is 5.75 Å². The zero-order chi connectivity index (χ0) is 14.0. The summed E-state index contributed by atoms with van der Waals surface area (Å²) >= 11 is 2.28. The van der Waals surface area contributed by atoms with Crippen LogP contribution < -0.4 is 10.5 Å². The molecule has 1 aliphatic rings. The van der Waals surface area contributed by atoms with Crippen molar-refractivity contribution in [1.82, 2.24) is 0 Å². The molecule has 1 fully saturated rings. The summed E-state index contributed by atoms with van der Waals surface area (Å²) in [4.78, 5) is 10.8. The Morgan fingerprint density at radius 3 is 2.95 bits per heavy atom. The van der Waals surface area contributed by atoms with Crippen LogP contribution in [0.25, 0.3) is 0 Å². The molecule has 4 heteroatoms. The first-order valence-electron chi connectivity index (χ1n) is 6.64. The Hall–Kier alpha value is -0.780. The van der Waals surface area contributed by atoms with Gasteiger partial charge in [-0.05, 0) is 70.9 Å². The molecule has 1 aromatic carbocycles. The van der Waals surface area contributed by atoms with Crippen molar-refractivity contribution in [3.8, 4) is 5.75 Å². The van der Waals surface area contributed by atoms with Gasteiger partial charge in [-0.25, -0.2) is 0 Å². The lowest BCUT2D eigenvalue weighted by Crippen LogP contribution is -2.12. The molecule has 0 aromatic heterocycles. The molecule has 0 spiro atoms. The average Bonchev–Trinajstić information content (AvgIpc) is 3.16. The fourth-order valence-electron chi connectivity index (χ4n) is 2.72. The second kappa shape index (κ2) is 6.11. The molecule has 104 valence electrons. The number of hydrogen-bond acceptors (Lipinski definition) is 2. The quantitative estimate of drug-likeness (QED) is 0.778. The summed E-state index contributed by atoms with van der Waals surface area (Å²) < 4.78 is 6.51. The minimum absolute atomic E-state index is 0.194. The van der Waals surface area contributed by atoms with Crippen LogP contribution in [0.4, 0.5) is 0 Å². The van der Waals surface area contributed by atoms with Crippen LogP contribution in [0.3, 0.4) is 0 Å². The Morgan fingerprint density at radius 1 is 1.58 bits per heavy atom. The summed E-state index contributed by atoms with van der Waals surface area (Å²) in [7, 11) is 1.71. The van der Waals surface area contributed by atoms with Crippen LogP contribution in [0.15, 0.2) is 18.2 Å². The lowest BCUT2D eigenvalue weighted by molar-refractivity contribution is -0.118. The van der Waals surface area contributed by atoms with Crippen LogP contribution in [0.2, 0.25) is 0 Å². The molecule has 0 radical (unpaired) electrons. The summed E-state index contributed by atoms with van der Waals surface area (Å²) in [5.74, 6) is 2.62. The van der Waals surface area contributed by atoms with Crippen LogP contribution >= 0.6 is 22.6 Å². The predicted molar refractivity (Wildman–Crippen MR) is 84.2 cm³/mol. The Labute approximate surface area is 128 Å². The highest BCUT2D eigenvalue weighted by molar-refractivity contribution is 14.1. The molecule has 0 heterocycles. The van der Waals surface area contributed by atoms with Crippen LogP contribution in [0.1, 0.15) is 37.7 Å². The average molecular weight is 373 g/mol.